The molecule has 0 aliphatic heterocycles. The largest absolute Gasteiger partial charge is 0.490 e. The summed E-state index contributed by atoms with van der Waals surface area (Å²) in [6.45, 7) is 3.69. The number of carbonyl (C=O) groups excluding carboxylic acids is 1. The van der Waals surface area contributed by atoms with Gasteiger partial charge in [-0.2, -0.15) is 0 Å². The maximum atomic E-state index is 13.0. The highest BCUT2D eigenvalue weighted by Crippen LogP contribution is 2.22. The Morgan fingerprint density at radius 3 is 2.75 bits per heavy atom. The molecule has 1 aromatic carbocycles. The molecule has 1 rings (SSSR count). The quantitative estimate of drug-likeness (QED) is 0.586. The van der Waals surface area contributed by atoms with E-state index >= 15 is 0 Å². The van der Waals surface area contributed by atoms with Crippen LogP contribution in [0.4, 0.5) is 4.39 Å². The number of ether oxygens (including phenoxy) is 1. The van der Waals surface area contributed by atoms with E-state index in [-0.39, 0.29) is 29.8 Å². The molecule has 0 saturated heterocycles. The molecular weight excluding hydrogens is 231 g/mol. The summed E-state index contributed by atoms with van der Waals surface area (Å²) in [5.41, 5.74) is 0.259. The van der Waals surface area contributed by atoms with Gasteiger partial charge in [0, 0.05) is 12.3 Å². The van der Waals surface area contributed by atoms with Crippen molar-refractivity contribution in [3.05, 3.63) is 29.6 Å². The first-order valence-corrected chi connectivity index (χ1v) is 5.63. The molecule has 0 N–H and O–H groups in total. The van der Waals surface area contributed by atoms with Gasteiger partial charge in [0.15, 0.2) is 5.78 Å². The summed E-state index contributed by atoms with van der Waals surface area (Å²) >= 11 is 5.49. The van der Waals surface area contributed by atoms with Crippen LogP contribution in [0, 0.1) is 5.82 Å². The molecule has 0 saturated carbocycles. The fraction of sp³-hybridized carbons (Fsp3) is 0.417. The first-order chi connectivity index (χ1) is 7.54. The van der Waals surface area contributed by atoms with E-state index in [1.54, 1.807) is 0 Å². The normalized spacial score (nSPS) is 10.6. The lowest BCUT2D eigenvalue weighted by Gasteiger charge is -2.13. The van der Waals surface area contributed by atoms with E-state index in [0.29, 0.717) is 5.75 Å². The minimum atomic E-state index is -0.450. The highest BCUT2D eigenvalue weighted by atomic mass is 35.5. The predicted molar refractivity (Wildman–Crippen MR) is 61.8 cm³/mol. The molecule has 0 aliphatic carbocycles. The molecule has 0 aromatic heterocycles. The van der Waals surface area contributed by atoms with Crippen LogP contribution in [0.5, 0.6) is 5.75 Å². The van der Waals surface area contributed by atoms with Crippen molar-refractivity contribution >= 4 is 17.4 Å². The van der Waals surface area contributed by atoms with Gasteiger partial charge in [-0.05, 0) is 32.0 Å². The Labute approximate surface area is 99.4 Å². The number of hydrogen-bond donors (Lipinski definition) is 0. The van der Waals surface area contributed by atoms with E-state index in [1.807, 2.05) is 13.8 Å². The molecule has 0 amide bonds. The molecule has 2 nitrogen and oxygen atoms in total. The molecule has 0 aliphatic rings. The summed E-state index contributed by atoms with van der Waals surface area (Å²) in [7, 11) is 0. The third-order valence-electron chi connectivity index (χ3n) is 1.93. The number of carbonyl (C=O) groups is 1. The topological polar surface area (TPSA) is 26.3 Å². The van der Waals surface area contributed by atoms with Crippen molar-refractivity contribution in [1.82, 2.24) is 0 Å². The van der Waals surface area contributed by atoms with Gasteiger partial charge in [-0.25, -0.2) is 4.39 Å². The lowest BCUT2D eigenvalue weighted by molar-refractivity contribution is 0.0983. The van der Waals surface area contributed by atoms with Gasteiger partial charge in [0.05, 0.1) is 11.7 Å². The lowest BCUT2D eigenvalue weighted by atomic mass is 10.1. The Bertz CT molecular complexity index is 377. The van der Waals surface area contributed by atoms with Crippen LogP contribution < -0.4 is 4.74 Å². The Morgan fingerprint density at radius 1 is 1.50 bits per heavy atom. The van der Waals surface area contributed by atoms with E-state index < -0.39 is 5.82 Å². The molecule has 0 heterocycles. The zero-order chi connectivity index (χ0) is 12.1. The second-order valence-corrected chi connectivity index (χ2v) is 4.05. The minimum absolute atomic E-state index is 0.0620. The summed E-state index contributed by atoms with van der Waals surface area (Å²) in [6, 6.07) is 3.93. The molecule has 1 aromatic rings. The van der Waals surface area contributed by atoms with Crippen LogP contribution in [0.2, 0.25) is 0 Å². The fourth-order valence-electron chi connectivity index (χ4n) is 1.30. The van der Waals surface area contributed by atoms with Crippen LogP contribution in [0.3, 0.4) is 0 Å². The first-order valence-electron chi connectivity index (χ1n) is 5.10. The Kier molecular flexibility index (Phi) is 4.74. The Morgan fingerprint density at radius 2 is 2.19 bits per heavy atom. The van der Waals surface area contributed by atoms with Crippen molar-refractivity contribution in [2.24, 2.45) is 0 Å². The molecular formula is C12H14ClFO2. The van der Waals surface area contributed by atoms with E-state index in [0.717, 1.165) is 0 Å². The molecule has 16 heavy (non-hydrogen) atoms. The van der Waals surface area contributed by atoms with Gasteiger partial charge in [0.25, 0.3) is 0 Å². The van der Waals surface area contributed by atoms with Crippen LogP contribution in [0.25, 0.3) is 0 Å². The van der Waals surface area contributed by atoms with E-state index in [1.165, 1.54) is 18.2 Å². The van der Waals surface area contributed by atoms with E-state index in [2.05, 4.69) is 0 Å². The van der Waals surface area contributed by atoms with Gasteiger partial charge in [-0.3, -0.25) is 4.79 Å². The molecule has 0 unspecified atom stereocenters. The lowest BCUT2D eigenvalue weighted by Crippen LogP contribution is -2.10. The summed E-state index contributed by atoms with van der Waals surface area (Å²) in [6.07, 6.45) is 0.118. The van der Waals surface area contributed by atoms with E-state index in [4.69, 9.17) is 16.3 Å². The predicted octanol–water partition coefficient (Wildman–Crippen LogP) is 3.42. The smallest absolute Gasteiger partial charge is 0.167 e. The number of hydrogen-bond acceptors (Lipinski definition) is 2. The van der Waals surface area contributed by atoms with Crippen LogP contribution in [0.1, 0.15) is 30.6 Å². The van der Waals surface area contributed by atoms with Crippen molar-refractivity contribution in [3.8, 4) is 5.75 Å². The summed E-state index contributed by atoms with van der Waals surface area (Å²) in [5.74, 6) is -0.0260. The van der Waals surface area contributed by atoms with Crippen LogP contribution >= 0.6 is 11.6 Å². The zero-order valence-electron chi connectivity index (χ0n) is 9.30. The summed E-state index contributed by atoms with van der Waals surface area (Å²) in [5, 5.41) is 0. The van der Waals surface area contributed by atoms with Gasteiger partial charge in [0.2, 0.25) is 0 Å². The average Bonchev–Trinajstić information content (AvgIpc) is 2.20. The third kappa shape index (κ3) is 3.49. The molecule has 0 atom stereocenters. The zero-order valence-corrected chi connectivity index (χ0v) is 10.1. The second kappa shape index (κ2) is 5.85. The van der Waals surface area contributed by atoms with Gasteiger partial charge in [-0.1, -0.05) is 0 Å². The molecule has 88 valence electrons. The fourth-order valence-corrected chi connectivity index (χ4v) is 1.47. The molecule has 4 heteroatoms. The SMILES string of the molecule is CC(C)Oc1ccc(F)cc1C(=O)CCCl. The van der Waals surface area contributed by atoms with E-state index in [9.17, 15) is 9.18 Å². The van der Waals surface area contributed by atoms with Crippen LogP contribution in [-0.4, -0.2) is 17.8 Å². The number of halogens is 2. The second-order valence-electron chi connectivity index (χ2n) is 3.67. The number of ketones is 1. The van der Waals surface area contributed by atoms with Crippen molar-refractivity contribution in [2.75, 3.05) is 5.88 Å². The maximum absolute atomic E-state index is 13.0. The highest BCUT2D eigenvalue weighted by Gasteiger charge is 2.14. The number of Topliss-reactive ketones (excluding diaryl/α,β-unsaturated/α-hetero) is 1. The number of alkyl halides is 1. The number of rotatable bonds is 5. The average molecular weight is 245 g/mol. The summed E-state index contributed by atoms with van der Waals surface area (Å²) in [4.78, 5) is 11.7. The maximum Gasteiger partial charge on any atom is 0.167 e. The number of benzene rings is 1. The highest BCUT2D eigenvalue weighted by molar-refractivity contribution is 6.19. The van der Waals surface area contributed by atoms with Crippen molar-refractivity contribution in [2.45, 2.75) is 26.4 Å². The molecule has 0 bridgehead atoms. The van der Waals surface area contributed by atoms with Crippen LogP contribution in [0.15, 0.2) is 18.2 Å². The summed E-state index contributed by atoms with van der Waals surface area (Å²) < 4.78 is 18.5. The minimum Gasteiger partial charge on any atom is -0.490 e. The standard InChI is InChI=1S/C12H14ClFO2/c1-8(2)16-12-4-3-9(14)7-10(12)11(15)5-6-13/h3-4,7-8H,5-6H2,1-2H3. The van der Waals surface area contributed by atoms with Crippen molar-refractivity contribution < 1.29 is 13.9 Å². The van der Waals surface area contributed by atoms with Gasteiger partial charge in [0.1, 0.15) is 11.6 Å². The molecule has 0 fully saturated rings. The monoisotopic (exact) mass is 244 g/mol. The van der Waals surface area contributed by atoms with Crippen molar-refractivity contribution in [3.63, 3.8) is 0 Å². The third-order valence-corrected chi connectivity index (χ3v) is 2.12. The first kappa shape index (κ1) is 13.0. The molecule has 0 spiro atoms. The van der Waals surface area contributed by atoms with Crippen molar-refractivity contribution in [1.29, 1.82) is 0 Å². The van der Waals surface area contributed by atoms with Gasteiger partial charge < -0.3 is 4.74 Å². The Balaban J connectivity index is 3.02. The van der Waals surface area contributed by atoms with Gasteiger partial charge >= 0.3 is 0 Å². The van der Waals surface area contributed by atoms with Gasteiger partial charge in [-0.15, -0.1) is 11.6 Å². The Hall–Kier alpha value is -1.09. The van der Waals surface area contributed by atoms with Crippen LogP contribution in [-0.2, 0) is 0 Å². The molecule has 0 radical (unpaired) electrons.